The predicted octanol–water partition coefficient (Wildman–Crippen LogP) is 1.34. The molecule has 0 amide bonds. The van der Waals surface area contributed by atoms with E-state index >= 15 is 0 Å². The molecule has 0 saturated carbocycles. The third kappa shape index (κ3) is 3.99. The minimum Gasteiger partial charge on any atom is -0.396 e. The number of sulfonamides is 1. The van der Waals surface area contributed by atoms with Gasteiger partial charge in [0.1, 0.15) is 0 Å². The second-order valence-electron chi connectivity index (χ2n) is 4.55. The maximum Gasteiger partial charge on any atom is 0.273 e. The van der Waals surface area contributed by atoms with E-state index in [2.05, 4.69) is 4.72 Å². The van der Waals surface area contributed by atoms with Crippen LogP contribution in [0.1, 0.15) is 25.3 Å². The first-order chi connectivity index (χ1) is 9.29. The highest BCUT2D eigenvalue weighted by Gasteiger charge is 2.24. The fourth-order valence-electron chi connectivity index (χ4n) is 1.88. The van der Waals surface area contributed by atoms with Gasteiger partial charge < -0.3 is 5.11 Å². The molecule has 0 fully saturated rings. The summed E-state index contributed by atoms with van der Waals surface area (Å²) in [6.07, 6.45) is 0.974. The summed E-state index contributed by atoms with van der Waals surface area (Å²) in [7, 11) is -3.81. The van der Waals surface area contributed by atoms with Crippen LogP contribution in [0.15, 0.2) is 23.1 Å². The van der Waals surface area contributed by atoms with Crippen molar-refractivity contribution in [3.8, 4) is 0 Å². The number of aliphatic hydroxyl groups is 1. The molecule has 1 unspecified atom stereocenters. The number of benzene rings is 1. The Balaban J connectivity index is 3.04. The topological polar surface area (TPSA) is 110 Å². The van der Waals surface area contributed by atoms with Crippen molar-refractivity contribution < 1.29 is 18.4 Å². The van der Waals surface area contributed by atoms with E-state index in [1.54, 1.807) is 6.92 Å². The second kappa shape index (κ2) is 6.78. The molecule has 7 nitrogen and oxygen atoms in total. The van der Waals surface area contributed by atoms with Gasteiger partial charge in [-0.1, -0.05) is 6.07 Å². The van der Waals surface area contributed by atoms with Gasteiger partial charge in [-0.05, 0) is 32.8 Å². The third-order valence-corrected chi connectivity index (χ3v) is 4.63. The molecule has 8 heteroatoms. The smallest absolute Gasteiger partial charge is 0.273 e. The van der Waals surface area contributed by atoms with Gasteiger partial charge >= 0.3 is 0 Å². The Labute approximate surface area is 117 Å². The molecule has 0 aliphatic heterocycles. The molecule has 2 N–H and O–H groups in total. The summed E-state index contributed by atoms with van der Waals surface area (Å²) < 4.78 is 26.9. The normalized spacial score (nSPS) is 13.2. The van der Waals surface area contributed by atoms with Crippen LogP contribution in [0.2, 0.25) is 0 Å². The Kier molecular flexibility index (Phi) is 5.61. The van der Waals surface area contributed by atoms with Crippen LogP contribution in [0.5, 0.6) is 0 Å². The van der Waals surface area contributed by atoms with Gasteiger partial charge in [0.15, 0.2) is 0 Å². The molecule has 1 atom stereocenters. The van der Waals surface area contributed by atoms with Crippen molar-refractivity contribution >= 4 is 15.7 Å². The van der Waals surface area contributed by atoms with Gasteiger partial charge in [-0.15, -0.1) is 0 Å². The highest BCUT2D eigenvalue weighted by Crippen LogP contribution is 2.24. The van der Waals surface area contributed by atoms with Gasteiger partial charge in [0.25, 0.3) is 5.69 Å². The van der Waals surface area contributed by atoms with E-state index in [0.29, 0.717) is 12.8 Å². The molecule has 1 aromatic rings. The molecule has 1 rings (SSSR count). The zero-order valence-corrected chi connectivity index (χ0v) is 12.2. The van der Waals surface area contributed by atoms with Gasteiger partial charge in [-0.2, -0.15) is 0 Å². The lowest BCUT2D eigenvalue weighted by molar-refractivity contribution is -0.385. The molecule has 0 saturated heterocycles. The molecule has 0 aromatic heterocycles. The van der Waals surface area contributed by atoms with E-state index in [-0.39, 0.29) is 28.8 Å². The first-order valence-electron chi connectivity index (χ1n) is 6.16. The Hall–Kier alpha value is -1.51. The number of rotatable bonds is 7. The van der Waals surface area contributed by atoms with Crippen LogP contribution in [-0.4, -0.2) is 31.1 Å². The number of nitrogens with zero attached hydrogens (tertiary/aromatic N) is 1. The van der Waals surface area contributed by atoms with Gasteiger partial charge in [0.2, 0.25) is 10.0 Å². The average molecular weight is 302 g/mol. The lowest BCUT2D eigenvalue weighted by atomic mass is 10.2. The Morgan fingerprint density at radius 1 is 1.45 bits per heavy atom. The standard InChI is InChI=1S/C12H18N2O5S/c1-9(5-4-8-15)13-20(18,19)12-7-3-6-11(10(12)2)14(16)17/h3,6-7,9,13,15H,4-5,8H2,1-2H3. The first-order valence-corrected chi connectivity index (χ1v) is 7.65. The molecule has 0 radical (unpaired) electrons. The number of nitro benzene ring substituents is 1. The number of nitrogens with one attached hydrogen (secondary N) is 1. The molecule has 1 aromatic carbocycles. The number of hydrogen-bond donors (Lipinski definition) is 2. The summed E-state index contributed by atoms with van der Waals surface area (Å²) in [5, 5.41) is 19.5. The summed E-state index contributed by atoms with van der Waals surface area (Å²) in [4.78, 5) is 10.1. The molecule has 0 bridgehead atoms. The van der Waals surface area contributed by atoms with Gasteiger partial charge in [-0.3, -0.25) is 10.1 Å². The monoisotopic (exact) mass is 302 g/mol. The average Bonchev–Trinajstić information content (AvgIpc) is 2.35. The van der Waals surface area contributed by atoms with E-state index in [9.17, 15) is 18.5 Å². The van der Waals surface area contributed by atoms with Crippen LogP contribution in [0, 0.1) is 17.0 Å². The van der Waals surface area contributed by atoms with Gasteiger partial charge in [-0.25, -0.2) is 13.1 Å². The Morgan fingerprint density at radius 3 is 2.65 bits per heavy atom. The highest BCUT2D eigenvalue weighted by molar-refractivity contribution is 7.89. The maximum atomic E-state index is 12.2. The second-order valence-corrected chi connectivity index (χ2v) is 6.23. The number of hydrogen-bond acceptors (Lipinski definition) is 5. The molecule has 0 spiro atoms. The summed E-state index contributed by atoms with van der Waals surface area (Å²) >= 11 is 0. The molecule has 0 aliphatic rings. The minimum atomic E-state index is -3.81. The fraction of sp³-hybridized carbons (Fsp3) is 0.500. The van der Waals surface area contributed by atoms with Crippen molar-refractivity contribution in [2.75, 3.05) is 6.61 Å². The van der Waals surface area contributed by atoms with Crippen molar-refractivity contribution in [2.24, 2.45) is 0 Å². The summed E-state index contributed by atoms with van der Waals surface area (Å²) in [6.45, 7) is 3.08. The third-order valence-electron chi connectivity index (χ3n) is 2.89. The molecular formula is C12H18N2O5S. The molecule has 0 heterocycles. The predicted molar refractivity (Wildman–Crippen MR) is 73.9 cm³/mol. The molecule has 20 heavy (non-hydrogen) atoms. The fourth-order valence-corrected chi connectivity index (χ4v) is 3.42. The summed E-state index contributed by atoms with van der Waals surface area (Å²) in [6, 6.07) is 3.59. The van der Waals surface area contributed by atoms with E-state index in [4.69, 9.17) is 5.11 Å². The van der Waals surface area contributed by atoms with Crippen LogP contribution >= 0.6 is 0 Å². The van der Waals surface area contributed by atoms with Crippen LogP contribution in [0.25, 0.3) is 0 Å². The van der Waals surface area contributed by atoms with Crippen molar-refractivity contribution in [2.45, 2.75) is 37.6 Å². The van der Waals surface area contributed by atoms with Crippen molar-refractivity contribution in [3.05, 3.63) is 33.9 Å². The van der Waals surface area contributed by atoms with E-state index in [0.717, 1.165) is 0 Å². The van der Waals surface area contributed by atoms with Crippen LogP contribution in [0.4, 0.5) is 5.69 Å². The quantitative estimate of drug-likeness (QED) is 0.583. The van der Waals surface area contributed by atoms with E-state index in [1.165, 1.54) is 25.1 Å². The molecular weight excluding hydrogens is 284 g/mol. The Morgan fingerprint density at radius 2 is 2.10 bits per heavy atom. The summed E-state index contributed by atoms with van der Waals surface area (Å²) in [5.41, 5.74) is -0.116. The van der Waals surface area contributed by atoms with Gasteiger partial charge in [0.05, 0.1) is 9.82 Å². The van der Waals surface area contributed by atoms with E-state index in [1.807, 2.05) is 0 Å². The molecule has 112 valence electrons. The van der Waals surface area contributed by atoms with Crippen LogP contribution in [0.3, 0.4) is 0 Å². The van der Waals surface area contributed by atoms with Crippen molar-refractivity contribution in [1.29, 1.82) is 0 Å². The van der Waals surface area contributed by atoms with E-state index < -0.39 is 14.9 Å². The lowest BCUT2D eigenvalue weighted by Crippen LogP contribution is -2.33. The summed E-state index contributed by atoms with van der Waals surface area (Å²) in [5.74, 6) is 0. The van der Waals surface area contributed by atoms with Gasteiger partial charge in [0, 0.05) is 24.3 Å². The zero-order valence-electron chi connectivity index (χ0n) is 11.4. The number of aliphatic hydroxyl groups excluding tert-OH is 1. The largest absolute Gasteiger partial charge is 0.396 e. The molecule has 0 aliphatic carbocycles. The zero-order chi connectivity index (χ0) is 15.3. The Bertz CT molecular complexity index is 586. The van der Waals surface area contributed by atoms with Crippen molar-refractivity contribution in [3.63, 3.8) is 0 Å². The lowest BCUT2D eigenvalue weighted by Gasteiger charge is -2.14. The van der Waals surface area contributed by atoms with Crippen LogP contribution in [-0.2, 0) is 10.0 Å². The minimum absolute atomic E-state index is 0.0120. The van der Waals surface area contributed by atoms with Crippen molar-refractivity contribution in [1.82, 2.24) is 4.72 Å². The first kappa shape index (κ1) is 16.5. The SMILES string of the molecule is Cc1c([N+](=O)[O-])cccc1S(=O)(=O)NC(C)CCCO. The highest BCUT2D eigenvalue weighted by atomic mass is 32.2. The number of nitro groups is 1. The van der Waals surface area contributed by atoms with Crippen LogP contribution < -0.4 is 4.72 Å². The maximum absolute atomic E-state index is 12.2.